The molecule has 0 bridgehead atoms. The third kappa shape index (κ3) is 2.62. The summed E-state index contributed by atoms with van der Waals surface area (Å²) in [5, 5.41) is -0.0548. The second kappa shape index (κ2) is 5.09. The van der Waals surface area contributed by atoms with Crippen LogP contribution in [0.5, 0.6) is 0 Å². The van der Waals surface area contributed by atoms with Crippen molar-refractivity contribution >= 4 is 22.2 Å². The van der Waals surface area contributed by atoms with Crippen molar-refractivity contribution in [2.24, 2.45) is 5.73 Å². The van der Waals surface area contributed by atoms with Crippen molar-refractivity contribution in [1.29, 1.82) is 0 Å². The summed E-state index contributed by atoms with van der Waals surface area (Å²) in [5.41, 5.74) is 7.60. The number of hydrogen-bond acceptors (Lipinski definition) is 4. The Balaban J connectivity index is 2.05. The highest BCUT2D eigenvalue weighted by atomic mass is 32.1. The zero-order chi connectivity index (χ0) is 15.0. The maximum absolute atomic E-state index is 12.6. The second-order valence-electron chi connectivity index (χ2n) is 4.46. The van der Waals surface area contributed by atoms with Crippen molar-refractivity contribution in [2.75, 3.05) is 0 Å². The summed E-state index contributed by atoms with van der Waals surface area (Å²) in [6, 6.07) is 8.37. The molecule has 3 nitrogen and oxygen atoms in total. The maximum Gasteiger partial charge on any atom is 0.443 e. The summed E-state index contributed by atoms with van der Waals surface area (Å²) >= 11 is 0.570. The molecule has 0 saturated heterocycles. The van der Waals surface area contributed by atoms with Gasteiger partial charge in [0.05, 0.1) is 11.6 Å². The summed E-state index contributed by atoms with van der Waals surface area (Å²) in [7, 11) is 0. The van der Waals surface area contributed by atoms with Crippen molar-refractivity contribution in [2.45, 2.75) is 12.2 Å². The van der Waals surface area contributed by atoms with Gasteiger partial charge in [0, 0.05) is 22.7 Å². The number of fused-ring (bicyclic) bond motifs is 1. The molecule has 2 heterocycles. The van der Waals surface area contributed by atoms with E-state index in [1.54, 1.807) is 24.4 Å². The van der Waals surface area contributed by atoms with Gasteiger partial charge < -0.3 is 5.73 Å². The van der Waals surface area contributed by atoms with Gasteiger partial charge in [0.2, 0.25) is 0 Å². The molecule has 1 aromatic carbocycles. The molecule has 0 fully saturated rings. The van der Waals surface area contributed by atoms with Gasteiger partial charge in [0.15, 0.2) is 5.01 Å². The van der Waals surface area contributed by atoms with Crippen molar-refractivity contribution in [1.82, 2.24) is 9.97 Å². The van der Waals surface area contributed by atoms with Crippen LogP contribution in [0.1, 0.15) is 21.5 Å². The second-order valence-corrected chi connectivity index (χ2v) is 5.52. The minimum absolute atomic E-state index is 0.374. The molecule has 0 radical (unpaired) electrons. The van der Waals surface area contributed by atoms with E-state index in [0.717, 1.165) is 16.5 Å². The van der Waals surface area contributed by atoms with E-state index < -0.39 is 17.2 Å². The maximum atomic E-state index is 12.6. The van der Waals surface area contributed by atoms with Crippen LogP contribution in [-0.4, -0.2) is 9.97 Å². The Hall–Kier alpha value is -1.99. The lowest BCUT2D eigenvalue weighted by atomic mass is 10.0. The molecule has 2 aromatic heterocycles. The van der Waals surface area contributed by atoms with E-state index in [1.165, 1.54) is 6.20 Å². The topological polar surface area (TPSA) is 51.8 Å². The Morgan fingerprint density at radius 1 is 1.10 bits per heavy atom. The molecule has 21 heavy (non-hydrogen) atoms. The molecule has 1 unspecified atom stereocenters. The van der Waals surface area contributed by atoms with Gasteiger partial charge in [-0.05, 0) is 17.7 Å². The van der Waals surface area contributed by atoms with Crippen molar-refractivity contribution < 1.29 is 13.2 Å². The van der Waals surface area contributed by atoms with Crippen molar-refractivity contribution in [3.63, 3.8) is 0 Å². The van der Waals surface area contributed by atoms with Crippen LogP contribution in [0.25, 0.3) is 10.9 Å². The predicted molar refractivity (Wildman–Crippen MR) is 74.9 cm³/mol. The normalized spacial score (nSPS) is 13.5. The lowest BCUT2D eigenvalue weighted by molar-refractivity contribution is -0.137. The lowest BCUT2D eigenvalue weighted by Gasteiger charge is -2.12. The van der Waals surface area contributed by atoms with Gasteiger partial charge >= 0.3 is 6.18 Å². The van der Waals surface area contributed by atoms with Crippen LogP contribution in [-0.2, 0) is 6.18 Å². The highest BCUT2D eigenvalue weighted by Crippen LogP contribution is 2.36. The van der Waals surface area contributed by atoms with E-state index in [0.29, 0.717) is 16.2 Å². The first-order chi connectivity index (χ1) is 9.97. The Kier molecular flexibility index (Phi) is 3.38. The Bertz CT molecular complexity index is 777. The number of aromatic nitrogens is 2. The third-order valence-corrected chi connectivity index (χ3v) is 4.21. The predicted octanol–water partition coefficient (Wildman–Crippen LogP) is 3.76. The SMILES string of the molecule is NC(c1cnc(C(F)(F)F)s1)c1cccc2ncccc12. The van der Waals surface area contributed by atoms with E-state index in [1.807, 2.05) is 12.1 Å². The molecule has 3 rings (SSSR count). The fourth-order valence-electron chi connectivity index (χ4n) is 2.11. The highest BCUT2D eigenvalue weighted by molar-refractivity contribution is 7.11. The first-order valence-electron chi connectivity index (χ1n) is 6.09. The van der Waals surface area contributed by atoms with Crippen LogP contribution < -0.4 is 5.73 Å². The van der Waals surface area contributed by atoms with Gasteiger partial charge in [-0.1, -0.05) is 18.2 Å². The standard InChI is InChI=1S/C14H10F3N3S/c15-14(16,17)13-20-7-11(21-13)12(18)9-3-1-5-10-8(9)4-2-6-19-10/h1-7,12H,18H2. The molecule has 0 amide bonds. The molecule has 0 spiro atoms. The van der Waals surface area contributed by atoms with Gasteiger partial charge in [-0.25, -0.2) is 4.98 Å². The van der Waals surface area contributed by atoms with Gasteiger partial charge in [-0.15, -0.1) is 11.3 Å². The van der Waals surface area contributed by atoms with Crippen LogP contribution in [0.3, 0.4) is 0 Å². The van der Waals surface area contributed by atoms with Crippen LogP contribution in [0.15, 0.2) is 42.7 Å². The van der Waals surface area contributed by atoms with Gasteiger partial charge in [0.25, 0.3) is 0 Å². The van der Waals surface area contributed by atoms with Crippen LogP contribution in [0.4, 0.5) is 13.2 Å². The first kappa shape index (κ1) is 14.0. The summed E-state index contributed by atoms with van der Waals surface area (Å²) < 4.78 is 37.9. The van der Waals surface area contributed by atoms with Crippen molar-refractivity contribution in [3.8, 4) is 0 Å². The van der Waals surface area contributed by atoms with Crippen LogP contribution in [0.2, 0.25) is 0 Å². The molecule has 3 aromatic rings. The Labute approximate surface area is 122 Å². The number of halogens is 3. The number of nitrogens with zero attached hydrogens (tertiary/aromatic N) is 2. The van der Waals surface area contributed by atoms with Gasteiger partial charge in [-0.3, -0.25) is 4.98 Å². The fourth-order valence-corrected chi connectivity index (χ4v) is 2.92. The smallest absolute Gasteiger partial charge is 0.320 e. The number of nitrogens with two attached hydrogens (primary N) is 1. The molecule has 0 aliphatic rings. The first-order valence-corrected chi connectivity index (χ1v) is 6.90. The summed E-state index contributed by atoms with van der Waals surface area (Å²) in [6.07, 6.45) is -1.59. The monoisotopic (exact) mass is 309 g/mol. The number of thiazole rings is 1. The van der Waals surface area contributed by atoms with E-state index >= 15 is 0 Å². The largest absolute Gasteiger partial charge is 0.443 e. The minimum Gasteiger partial charge on any atom is -0.320 e. The molecule has 108 valence electrons. The van der Waals surface area contributed by atoms with Crippen molar-refractivity contribution in [3.05, 3.63) is 58.2 Å². The Morgan fingerprint density at radius 2 is 1.90 bits per heavy atom. The summed E-state index contributed by atoms with van der Waals surface area (Å²) in [5.74, 6) is 0. The quantitative estimate of drug-likeness (QED) is 0.784. The van der Waals surface area contributed by atoms with Crippen LogP contribution in [0, 0.1) is 0 Å². The number of hydrogen-bond donors (Lipinski definition) is 1. The number of rotatable bonds is 2. The van der Waals surface area contributed by atoms with Crippen LogP contribution >= 0.6 is 11.3 Å². The van der Waals surface area contributed by atoms with E-state index in [9.17, 15) is 13.2 Å². The molecule has 0 saturated carbocycles. The molecular weight excluding hydrogens is 299 g/mol. The van der Waals surface area contributed by atoms with E-state index in [-0.39, 0.29) is 0 Å². The highest BCUT2D eigenvalue weighted by Gasteiger charge is 2.35. The van der Waals surface area contributed by atoms with E-state index in [4.69, 9.17) is 5.73 Å². The number of benzene rings is 1. The molecule has 2 N–H and O–H groups in total. The zero-order valence-electron chi connectivity index (χ0n) is 10.6. The van der Waals surface area contributed by atoms with Gasteiger partial charge in [0.1, 0.15) is 0 Å². The summed E-state index contributed by atoms with van der Waals surface area (Å²) in [6.45, 7) is 0. The average Bonchev–Trinajstić information content (AvgIpc) is 2.96. The van der Waals surface area contributed by atoms with Gasteiger partial charge in [-0.2, -0.15) is 13.2 Å². The summed E-state index contributed by atoms with van der Waals surface area (Å²) in [4.78, 5) is 8.00. The lowest BCUT2D eigenvalue weighted by Crippen LogP contribution is -2.10. The molecule has 0 aliphatic carbocycles. The number of pyridine rings is 1. The zero-order valence-corrected chi connectivity index (χ0v) is 11.4. The third-order valence-electron chi connectivity index (χ3n) is 3.09. The average molecular weight is 309 g/mol. The van der Waals surface area contributed by atoms with E-state index in [2.05, 4.69) is 9.97 Å². The minimum atomic E-state index is -4.44. The number of alkyl halides is 3. The molecule has 7 heteroatoms. The Morgan fingerprint density at radius 3 is 2.62 bits per heavy atom. The molecular formula is C14H10F3N3S. The molecule has 1 atom stereocenters. The fraction of sp³-hybridized carbons (Fsp3) is 0.143. The molecule has 0 aliphatic heterocycles.